The zero-order chi connectivity index (χ0) is 67.9. The van der Waals surface area contributed by atoms with Gasteiger partial charge in [0.15, 0.2) is 18.9 Å². The Labute approximate surface area is 530 Å². The van der Waals surface area contributed by atoms with Crippen molar-refractivity contribution >= 4 is 46.8 Å². The highest BCUT2D eigenvalue weighted by Crippen LogP contribution is 2.29. The van der Waals surface area contributed by atoms with Gasteiger partial charge in [-0.05, 0) is 44.4 Å². The van der Waals surface area contributed by atoms with E-state index >= 15 is 0 Å². The molecule has 0 aromatic rings. The molecule has 3 heterocycles. The molecule has 3 saturated heterocycles. The fraction of sp³-hybridized carbons (Fsp3) is 0.869. The molecule has 524 valence electrons. The Hall–Kier alpha value is -4.12. The number of amides is 4. The molecule has 0 radical (unpaired) electrons. The van der Waals surface area contributed by atoms with Gasteiger partial charge in [-0.1, -0.05) is 55.4 Å². The van der Waals surface area contributed by atoms with Gasteiger partial charge in [-0.2, -0.15) is 0 Å². The van der Waals surface area contributed by atoms with Crippen LogP contribution in [0.3, 0.4) is 0 Å². The van der Waals surface area contributed by atoms with Crippen LogP contribution in [0.1, 0.15) is 145 Å². The number of aliphatic hydroxyl groups is 9. The van der Waals surface area contributed by atoms with Crippen molar-refractivity contribution in [2.75, 3.05) is 92.6 Å². The van der Waals surface area contributed by atoms with Crippen molar-refractivity contribution in [3.05, 3.63) is 0 Å². The molecule has 7 unspecified atom stereocenters. The van der Waals surface area contributed by atoms with Crippen LogP contribution in [0.25, 0.3) is 0 Å². The smallest absolute Gasteiger partial charge is 0.239 e. The fourth-order valence-electron chi connectivity index (χ4n) is 9.57. The summed E-state index contributed by atoms with van der Waals surface area (Å²) in [5, 5.41) is 100. The maximum atomic E-state index is 14.2. The zero-order valence-electron chi connectivity index (χ0n) is 54.5. The van der Waals surface area contributed by atoms with Crippen LogP contribution in [0.5, 0.6) is 0 Å². The molecule has 0 saturated carbocycles. The third-order valence-corrected chi connectivity index (χ3v) is 14.9. The molecule has 0 aliphatic carbocycles. The molecule has 3 aliphatic rings. The Balaban J connectivity index is 0.00000647. The predicted molar refractivity (Wildman–Crippen MR) is 324 cm³/mol. The first-order valence-electron chi connectivity index (χ1n) is 31.9. The van der Waals surface area contributed by atoms with Crippen molar-refractivity contribution < 1.29 is 117 Å². The van der Waals surface area contributed by atoms with E-state index in [2.05, 4.69) is 42.0 Å². The number of methoxy groups -OCH3 is 1. The molecule has 3 fully saturated rings. The van der Waals surface area contributed by atoms with E-state index in [1.54, 1.807) is 20.8 Å². The molecule has 0 spiro atoms. The number of hydrogen-bond donors (Lipinski definition) is 13. The number of ether oxygens (including phenoxy) is 7. The molecule has 90 heavy (non-hydrogen) atoms. The van der Waals surface area contributed by atoms with E-state index in [0.717, 1.165) is 5.92 Å². The van der Waals surface area contributed by atoms with Gasteiger partial charge in [0.25, 0.3) is 0 Å². The van der Waals surface area contributed by atoms with E-state index in [0.29, 0.717) is 13.0 Å². The molecule has 4 amide bonds. The van der Waals surface area contributed by atoms with Crippen molar-refractivity contribution in [3.8, 4) is 0 Å². The van der Waals surface area contributed by atoms with E-state index in [1.165, 1.54) is 12.0 Å². The SMILES string of the molecule is CC.CC(C)C.COCCCC(=O)CCCC(=O)CCC(C(=O)NCC(=O)NCCCO[C@@H]1OC(CO)[C@H](O)[C@H](O)C1C)N(CC(=O)CCC(=O)NCCCO[C@@H]1OC(CO)[C@H](O)[C@H](O)C1C)CC(=O)CCC(=O)NCCCO[C@@H]1OC(CO)[C@H](O)[C@H](O)C1C. The number of carbonyl (C=O) groups is 8. The number of nitrogens with zero attached hydrogens (tertiary/aromatic N) is 1. The van der Waals surface area contributed by atoms with Gasteiger partial charge in [-0.3, -0.25) is 43.3 Å². The minimum atomic E-state index is -1.38. The highest BCUT2D eigenvalue weighted by Gasteiger charge is 2.45. The summed E-state index contributed by atoms with van der Waals surface area (Å²) in [5.74, 6) is -5.07. The van der Waals surface area contributed by atoms with Crippen LogP contribution < -0.4 is 21.3 Å². The van der Waals surface area contributed by atoms with E-state index in [4.69, 9.17) is 33.2 Å². The molecule has 0 bridgehead atoms. The van der Waals surface area contributed by atoms with Gasteiger partial charge in [0.1, 0.15) is 59.8 Å². The largest absolute Gasteiger partial charge is 0.394 e. The highest BCUT2D eigenvalue weighted by atomic mass is 16.7. The second kappa shape index (κ2) is 47.7. The quantitative estimate of drug-likeness (QED) is 0.0308. The molecule has 3 rings (SSSR count). The Morgan fingerprint density at radius 2 is 0.789 bits per heavy atom. The van der Waals surface area contributed by atoms with E-state index in [-0.39, 0.29) is 134 Å². The van der Waals surface area contributed by atoms with Gasteiger partial charge in [-0.25, -0.2) is 0 Å². The van der Waals surface area contributed by atoms with Crippen molar-refractivity contribution in [2.24, 2.45) is 23.7 Å². The summed E-state index contributed by atoms with van der Waals surface area (Å²) in [7, 11) is 1.52. The predicted octanol–water partition coefficient (Wildman–Crippen LogP) is -1.53. The number of rotatable bonds is 43. The first-order chi connectivity index (χ1) is 42.8. The summed E-state index contributed by atoms with van der Waals surface area (Å²) in [6.45, 7) is 12.8. The second-order valence-corrected chi connectivity index (χ2v) is 23.4. The molecule has 16 atom stereocenters. The van der Waals surface area contributed by atoms with E-state index in [1.807, 2.05) is 13.8 Å². The molecule has 0 aromatic heterocycles. The summed E-state index contributed by atoms with van der Waals surface area (Å²) in [4.78, 5) is 107. The molecule has 13 N–H and O–H groups in total. The summed E-state index contributed by atoms with van der Waals surface area (Å²) in [6, 6.07) is -1.38. The first kappa shape index (κ1) is 83.9. The van der Waals surface area contributed by atoms with Crippen LogP contribution >= 0.6 is 0 Å². The standard InChI is InChI=1S/C55H95N5O24.C4H10.C2H6/c1-32-46(71)49(74)40(29-61)82-53(32)79-23-7-19-56-43(68)17-14-37(66)27-60(28-38(67)15-18-44(69)57-20-8-24-80-54-33(2)47(72)50(75)41(30-62)83-54)39(16-13-36(65)11-5-10-35(64)12-6-22-78-4)52(77)59-26-45(70)58-21-9-25-81-55-34(3)48(73)51(76)42(31-63)84-55;1-4(2)3;1-2/h32-34,39-42,46-51,53-55,61-63,71-76H,5-31H2,1-4H3,(H,56,68)(H,57,69)(H,58,70)(H,59,77);4H,1-3H3;1-2H3/t32?,33?,34?,39?,40?,41?,42?,46-,47-,48-,49+,50+,51+,53-,54-,55-;;/m1../s1. The molecule has 29 nitrogen and oxygen atoms in total. The van der Waals surface area contributed by atoms with Crippen LogP contribution in [0, 0.1) is 23.7 Å². The van der Waals surface area contributed by atoms with Gasteiger partial charge in [0, 0.05) is 102 Å². The van der Waals surface area contributed by atoms with E-state index < -0.39 is 172 Å². The highest BCUT2D eigenvalue weighted by molar-refractivity contribution is 5.92. The zero-order valence-corrected chi connectivity index (χ0v) is 54.5. The average Bonchev–Trinajstić information content (AvgIpc) is 1.02. The minimum Gasteiger partial charge on any atom is -0.394 e. The van der Waals surface area contributed by atoms with Crippen molar-refractivity contribution in [3.63, 3.8) is 0 Å². The minimum absolute atomic E-state index is 0.0109. The average molecular weight is 1300 g/mol. The Kier molecular flexibility index (Phi) is 44.5. The van der Waals surface area contributed by atoms with Crippen molar-refractivity contribution in [1.29, 1.82) is 0 Å². The number of nitrogens with one attached hydrogen (secondary N) is 4. The van der Waals surface area contributed by atoms with Crippen LogP contribution in [0.4, 0.5) is 0 Å². The molecule has 0 aromatic carbocycles. The van der Waals surface area contributed by atoms with Gasteiger partial charge >= 0.3 is 0 Å². The normalized spacial score (nSPS) is 26.9. The lowest BCUT2D eigenvalue weighted by molar-refractivity contribution is -0.282. The lowest BCUT2D eigenvalue weighted by atomic mass is 9.92. The third-order valence-electron chi connectivity index (χ3n) is 14.9. The number of hydrogen-bond acceptors (Lipinski definition) is 25. The Morgan fingerprint density at radius 3 is 1.14 bits per heavy atom. The van der Waals surface area contributed by atoms with Gasteiger partial charge in [0.05, 0.1) is 83.6 Å². The molecular weight excluding hydrogens is 1190 g/mol. The number of ketones is 4. The van der Waals surface area contributed by atoms with Crippen LogP contribution in [0.15, 0.2) is 0 Å². The Bertz CT molecular complexity index is 1980. The first-order valence-corrected chi connectivity index (χ1v) is 31.9. The molecule has 3 aliphatic heterocycles. The number of aliphatic hydroxyl groups excluding tert-OH is 9. The van der Waals surface area contributed by atoms with Gasteiger partial charge < -0.3 is 100 Å². The fourth-order valence-corrected chi connectivity index (χ4v) is 9.57. The number of Topliss-reactive ketones (excluding diaryl/α,β-unsaturated/α-hetero) is 4. The van der Waals surface area contributed by atoms with Crippen molar-refractivity contribution in [1.82, 2.24) is 26.2 Å². The summed E-state index contributed by atoms with van der Waals surface area (Å²) in [5.41, 5.74) is 0. The summed E-state index contributed by atoms with van der Waals surface area (Å²) in [6.07, 6.45) is -13.3. The monoisotopic (exact) mass is 1300 g/mol. The maximum absolute atomic E-state index is 14.2. The van der Waals surface area contributed by atoms with Gasteiger partial charge in [0.2, 0.25) is 23.6 Å². The van der Waals surface area contributed by atoms with Gasteiger partial charge in [-0.15, -0.1) is 0 Å². The summed E-state index contributed by atoms with van der Waals surface area (Å²) >= 11 is 0. The van der Waals surface area contributed by atoms with Crippen LogP contribution in [0.2, 0.25) is 0 Å². The number of carbonyl (C=O) groups excluding carboxylic acids is 8. The lowest BCUT2D eigenvalue weighted by Crippen LogP contribution is -2.55. The van der Waals surface area contributed by atoms with E-state index in [9.17, 15) is 84.3 Å². The Morgan fingerprint density at radius 1 is 0.444 bits per heavy atom. The van der Waals surface area contributed by atoms with Crippen LogP contribution in [-0.2, 0) is 71.5 Å². The van der Waals surface area contributed by atoms with Crippen LogP contribution in [-0.4, -0.2) is 270 Å². The van der Waals surface area contributed by atoms with Crippen molar-refractivity contribution in [2.45, 2.75) is 225 Å². The molecular formula is C61H111N5O24. The second-order valence-electron chi connectivity index (χ2n) is 23.4. The third kappa shape index (κ3) is 32.6. The summed E-state index contributed by atoms with van der Waals surface area (Å²) < 4.78 is 38.7. The topological polar surface area (TPSA) is 435 Å². The maximum Gasteiger partial charge on any atom is 0.239 e. The molecule has 29 heteroatoms. The lowest BCUT2D eigenvalue weighted by Gasteiger charge is -2.40.